The molecule has 2 fully saturated rings. The van der Waals surface area contributed by atoms with E-state index in [0.717, 1.165) is 25.7 Å². The largest absolute Gasteiger partial charge is 0.370 e. The van der Waals surface area contributed by atoms with Crippen molar-refractivity contribution in [3.8, 4) is 0 Å². The maximum atomic E-state index is 11.8. The van der Waals surface area contributed by atoms with Gasteiger partial charge in [-0.2, -0.15) is 4.98 Å². The van der Waals surface area contributed by atoms with Crippen LogP contribution in [0, 0.1) is 11.8 Å². The Balaban J connectivity index is 1.66. The van der Waals surface area contributed by atoms with E-state index in [4.69, 9.17) is 9.26 Å². The third-order valence-corrected chi connectivity index (χ3v) is 4.52. The van der Waals surface area contributed by atoms with Crippen molar-refractivity contribution >= 4 is 5.78 Å². The monoisotopic (exact) mass is 292 g/mol. The first-order valence-electron chi connectivity index (χ1n) is 8.24. The molecule has 0 aromatic carbocycles. The average Bonchev–Trinajstić information content (AvgIpc) is 3.27. The van der Waals surface area contributed by atoms with Gasteiger partial charge in [-0.15, -0.1) is 0 Å². The second-order valence-corrected chi connectivity index (χ2v) is 6.24. The molecule has 0 amide bonds. The fourth-order valence-corrected chi connectivity index (χ4v) is 3.19. The van der Waals surface area contributed by atoms with Crippen LogP contribution in [0.4, 0.5) is 0 Å². The Bertz CT molecular complexity index is 476. The summed E-state index contributed by atoms with van der Waals surface area (Å²) in [6.07, 6.45) is 8.36. The van der Waals surface area contributed by atoms with Crippen LogP contribution in [0.25, 0.3) is 0 Å². The molecule has 1 heterocycles. The van der Waals surface area contributed by atoms with Crippen LogP contribution in [0.2, 0.25) is 0 Å². The van der Waals surface area contributed by atoms with E-state index in [1.54, 1.807) is 0 Å². The molecule has 2 aliphatic carbocycles. The SMILES string of the molecule is CCOC(c1noc(CC(=O)C2CC2)n1)C1CCCCC1. The molecule has 0 spiro atoms. The standard InChI is InChI=1S/C16H24N2O3/c1-2-20-15(12-6-4-3-5-7-12)16-17-14(21-18-16)10-13(19)11-8-9-11/h11-12,15H,2-10H2,1H3. The Kier molecular flexibility index (Phi) is 4.68. The van der Waals surface area contributed by atoms with Gasteiger partial charge in [0.15, 0.2) is 0 Å². The van der Waals surface area contributed by atoms with Gasteiger partial charge in [0.2, 0.25) is 11.7 Å². The summed E-state index contributed by atoms with van der Waals surface area (Å²) in [7, 11) is 0. The zero-order valence-electron chi connectivity index (χ0n) is 12.7. The fraction of sp³-hybridized carbons (Fsp3) is 0.812. The van der Waals surface area contributed by atoms with E-state index in [9.17, 15) is 4.79 Å². The third-order valence-electron chi connectivity index (χ3n) is 4.52. The van der Waals surface area contributed by atoms with E-state index in [1.807, 2.05) is 6.92 Å². The average molecular weight is 292 g/mol. The van der Waals surface area contributed by atoms with Gasteiger partial charge in [-0.25, -0.2) is 0 Å². The minimum absolute atomic E-state index is 0.0798. The third kappa shape index (κ3) is 3.70. The highest BCUT2D eigenvalue weighted by Gasteiger charge is 2.32. The summed E-state index contributed by atoms with van der Waals surface area (Å²) in [6, 6.07) is 0. The maximum Gasteiger partial charge on any atom is 0.234 e. The fourth-order valence-electron chi connectivity index (χ4n) is 3.19. The quantitative estimate of drug-likeness (QED) is 0.771. The summed E-state index contributed by atoms with van der Waals surface area (Å²) in [5.41, 5.74) is 0. The Morgan fingerprint density at radius 3 is 2.71 bits per heavy atom. The van der Waals surface area contributed by atoms with Crippen molar-refractivity contribution in [2.75, 3.05) is 6.61 Å². The lowest BCUT2D eigenvalue weighted by Crippen LogP contribution is -2.20. The van der Waals surface area contributed by atoms with Crippen molar-refractivity contribution in [3.05, 3.63) is 11.7 Å². The number of nitrogens with zero attached hydrogens (tertiary/aromatic N) is 2. The molecule has 0 aliphatic heterocycles. The lowest BCUT2D eigenvalue weighted by Gasteiger charge is -2.27. The summed E-state index contributed by atoms with van der Waals surface area (Å²) >= 11 is 0. The van der Waals surface area contributed by atoms with E-state index in [1.165, 1.54) is 19.3 Å². The molecule has 2 aliphatic rings. The molecule has 5 nitrogen and oxygen atoms in total. The Morgan fingerprint density at radius 2 is 2.05 bits per heavy atom. The van der Waals surface area contributed by atoms with Gasteiger partial charge >= 0.3 is 0 Å². The Morgan fingerprint density at radius 1 is 1.29 bits per heavy atom. The van der Waals surface area contributed by atoms with Crippen LogP contribution >= 0.6 is 0 Å². The first kappa shape index (κ1) is 14.7. The molecule has 116 valence electrons. The van der Waals surface area contributed by atoms with Crippen molar-refractivity contribution in [1.82, 2.24) is 10.1 Å². The number of ketones is 1. The summed E-state index contributed by atoms with van der Waals surface area (Å²) in [5, 5.41) is 4.08. The van der Waals surface area contributed by atoms with Gasteiger partial charge in [0.1, 0.15) is 11.9 Å². The van der Waals surface area contributed by atoms with Crippen LogP contribution in [0.15, 0.2) is 4.52 Å². The topological polar surface area (TPSA) is 65.2 Å². The van der Waals surface area contributed by atoms with Gasteiger partial charge in [-0.1, -0.05) is 24.4 Å². The van der Waals surface area contributed by atoms with Crippen LogP contribution in [-0.4, -0.2) is 22.5 Å². The van der Waals surface area contributed by atoms with Gasteiger partial charge in [0, 0.05) is 12.5 Å². The first-order chi connectivity index (χ1) is 10.3. The van der Waals surface area contributed by atoms with E-state index >= 15 is 0 Å². The highest BCUT2D eigenvalue weighted by Crippen LogP contribution is 2.36. The van der Waals surface area contributed by atoms with Crippen molar-refractivity contribution in [3.63, 3.8) is 0 Å². The van der Waals surface area contributed by atoms with E-state index < -0.39 is 0 Å². The first-order valence-corrected chi connectivity index (χ1v) is 8.24. The lowest BCUT2D eigenvalue weighted by atomic mass is 9.85. The van der Waals surface area contributed by atoms with Crippen LogP contribution in [0.5, 0.6) is 0 Å². The van der Waals surface area contributed by atoms with Crippen molar-refractivity contribution in [1.29, 1.82) is 0 Å². The summed E-state index contributed by atoms with van der Waals surface area (Å²) in [6.45, 7) is 2.64. The molecule has 5 heteroatoms. The van der Waals surface area contributed by atoms with E-state index in [2.05, 4.69) is 10.1 Å². The normalized spacial score (nSPS) is 21.4. The molecule has 1 aromatic rings. The number of hydrogen-bond donors (Lipinski definition) is 0. The number of Topliss-reactive ketones (excluding diaryl/α,β-unsaturated/α-hetero) is 1. The molecule has 0 bridgehead atoms. The predicted octanol–water partition coefficient (Wildman–Crippen LogP) is 3.25. The number of carbonyl (C=O) groups excluding carboxylic acids is 1. The zero-order chi connectivity index (χ0) is 14.7. The van der Waals surface area contributed by atoms with Crippen molar-refractivity contribution < 1.29 is 14.1 Å². The highest BCUT2D eigenvalue weighted by atomic mass is 16.5. The summed E-state index contributed by atoms with van der Waals surface area (Å²) < 4.78 is 11.1. The van der Waals surface area contributed by atoms with Gasteiger partial charge in [-0.3, -0.25) is 4.79 Å². The van der Waals surface area contributed by atoms with Crippen LogP contribution < -0.4 is 0 Å². The minimum Gasteiger partial charge on any atom is -0.370 e. The number of carbonyl (C=O) groups is 1. The summed E-state index contributed by atoms with van der Waals surface area (Å²) in [4.78, 5) is 16.3. The number of ether oxygens (including phenoxy) is 1. The van der Waals surface area contributed by atoms with Gasteiger partial charge < -0.3 is 9.26 Å². The summed E-state index contributed by atoms with van der Waals surface area (Å²) in [5.74, 6) is 2.02. The van der Waals surface area contributed by atoms with Gasteiger partial charge in [0.05, 0.1) is 6.42 Å². The molecule has 0 radical (unpaired) electrons. The molecule has 3 rings (SSSR count). The second-order valence-electron chi connectivity index (χ2n) is 6.24. The Labute approximate surface area is 125 Å². The second kappa shape index (κ2) is 6.69. The van der Waals surface area contributed by atoms with Crippen LogP contribution in [0.1, 0.15) is 69.7 Å². The van der Waals surface area contributed by atoms with Crippen molar-refractivity contribution in [2.24, 2.45) is 11.8 Å². The van der Waals surface area contributed by atoms with Crippen LogP contribution in [-0.2, 0) is 16.0 Å². The molecular formula is C16H24N2O3. The molecule has 0 saturated heterocycles. The molecular weight excluding hydrogens is 268 g/mol. The smallest absolute Gasteiger partial charge is 0.234 e. The Hall–Kier alpha value is -1.23. The molecule has 1 atom stereocenters. The van der Waals surface area contributed by atoms with Gasteiger partial charge in [0.25, 0.3) is 0 Å². The molecule has 1 unspecified atom stereocenters. The molecule has 21 heavy (non-hydrogen) atoms. The zero-order valence-corrected chi connectivity index (χ0v) is 12.7. The minimum atomic E-state index is -0.0798. The lowest BCUT2D eigenvalue weighted by molar-refractivity contribution is -0.119. The number of aromatic nitrogens is 2. The van der Waals surface area contributed by atoms with Gasteiger partial charge in [-0.05, 0) is 38.5 Å². The molecule has 0 N–H and O–H groups in total. The number of hydrogen-bond acceptors (Lipinski definition) is 5. The molecule has 1 aromatic heterocycles. The van der Waals surface area contributed by atoms with Crippen LogP contribution in [0.3, 0.4) is 0 Å². The predicted molar refractivity (Wildman–Crippen MR) is 76.7 cm³/mol. The van der Waals surface area contributed by atoms with Crippen molar-refractivity contribution in [2.45, 2.75) is 64.4 Å². The molecule has 2 saturated carbocycles. The highest BCUT2D eigenvalue weighted by molar-refractivity contribution is 5.84. The number of rotatable bonds is 7. The van der Waals surface area contributed by atoms with E-state index in [-0.39, 0.29) is 24.2 Å². The maximum absolute atomic E-state index is 11.8. The van der Waals surface area contributed by atoms with E-state index in [0.29, 0.717) is 24.2 Å².